The number of halogens is 2. The molecule has 0 bridgehead atoms. The van der Waals surface area contributed by atoms with Gasteiger partial charge in [-0.25, -0.2) is 23.4 Å². The zero-order valence-corrected chi connectivity index (χ0v) is 21.0. The Balaban J connectivity index is 1.18. The van der Waals surface area contributed by atoms with Crippen LogP contribution in [0.5, 0.6) is 0 Å². The van der Waals surface area contributed by atoms with Gasteiger partial charge in [-0.3, -0.25) is 14.5 Å². The molecule has 3 aromatic heterocycles. The molecule has 9 nitrogen and oxygen atoms in total. The third-order valence-electron chi connectivity index (χ3n) is 7.82. The molecule has 0 spiro atoms. The van der Waals surface area contributed by atoms with Crippen molar-refractivity contribution in [3.05, 3.63) is 93.8 Å². The number of fused-ring (bicyclic) bond motifs is 2. The first-order valence-electron chi connectivity index (χ1n) is 13.0. The Hall–Kier alpha value is -4.12. The van der Waals surface area contributed by atoms with Crippen molar-refractivity contribution in [3.8, 4) is 0 Å². The normalized spacial score (nSPS) is 21.9. The number of H-pyrrole nitrogens is 1. The summed E-state index contributed by atoms with van der Waals surface area (Å²) in [6.45, 7) is 0.787. The number of pyridine rings is 2. The van der Waals surface area contributed by atoms with Gasteiger partial charge in [0, 0.05) is 43.0 Å². The average Bonchev–Trinajstić information content (AvgIpc) is 3.23. The zero-order chi connectivity index (χ0) is 27.1. The maximum absolute atomic E-state index is 14.6. The van der Waals surface area contributed by atoms with Crippen LogP contribution in [0, 0.1) is 11.6 Å². The summed E-state index contributed by atoms with van der Waals surface area (Å²) in [6, 6.07) is 10.8. The van der Waals surface area contributed by atoms with Crippen LogP contribution in [0.25, 0.3) is 11.2 Å². The Morgan fingerprint density at radius 3 is 2.54 bits per heavy atom. The maximum atomic E-state index is 14.6. The van der Waals surface area contributed by atoms with Gasteiger partial charge in [0.05, 0.1) is 17.3 Å². The molecule has 39 heavy (non-hydrogen) atoms. The number of ether oxygens (including phenoxy) is 1. The van der Waals surface area contributed by atoms with Crippen LogP contribution in [0.15, 0.2) is 59.7 Å². The van der Waals surface area contributed by atoms with E-state index >= 15 is 0 Å². The van der Waals surface area contributed by atoms with Gasteiger partial charge < -0.3 is 14.7 Å². The molecular weight excluding hydrogens is 508 g/mol. The summed E-state index contributed by atoms with van der Waals surface area (Å²) in [5.74, 6) is -2.70. The van der Waals surface area contributed by atoms with Crippen molar-refractivity contribution in [3.63, 3.8) is 0 Å². The third-order valence-corrected chi connectivity index (χ3v) is 7.82. The van der Waals surface area contributed by atoms with E-state index in [2.05, 4.69) is 15.0 Å². The van der Waals surface area contributed by atoms with E-state index in [1.165, 1.54) is 12.1 Å². The first-order valence-corrected chi connectivity index (χ1v) is 13.0. The number of carbonyl (C=O) groups is 1. The van der Waals surface area contributed by atoms with E-state index in [9.17, 15) is 23.5 Å². The number of aliphatic hydroxyl groups is 1. The summed E-state index contributed by atoms with van der Waals surface area (Å²) in [5.41, 5.74) is 1.94. The van der Waals surface area contributed by atoms with Gasteiger partial charge in [-0.05, 0) is 55.5 Å². The Labute approximate surface area is 222 Å². The minimum Gasteiger partial charge on any atom is -0.440 e. The lowest BCUT2D eigenvalue weighted by Gasteiger charge is -2.33. The summed E-state index contributed by atoms with van der Waals surface area (Å²) >= 11 is 0. The number of hydrogen-bond donors (Lipinski definition) is 2. The molecule has 1 fully saturated rings. The van der Waals surface area contributed by atoms with Crippen molar-refractivity contribution in [1.29, 1.82) is 0 Å². The van der Waals surface area contributed by atoms with Crippen molar-refractivity contribution in [2.45, 2.75) is 49.9 Å². The van der Waals surface area contributed by atoms with Gasteiger partial charge in [-0.1, -0.05) is 18.2 Å². The van der Waals surface area contributed by atoms with Crippen molar-refractivity contribution >= 4 is 17.3 Å². The summed E-state index contributed by atoms with van der Waals surface area (Å²) < 4.78 is 36.2. The number of aliphatic hydroxyl groups excluding tert-OH is 1. The van der Waals surface area contributed by atoms with Gasteiger partial charge in [-0.2, -0.15) is 0 Å². The van der Waals surface area contributed by atoms with Crippen LogP contribution in [-0.4, -0.2) is 48.7 Å². The predicted octanol–water partition coefficient (Wildman–Crippen LogP) is 4.52. The van der Waals surface area contributed by atoms with Gasteiger partial charge in [0.1, 0.15) is 6.10 Å². The number of aromatic amines is 1. The zero-order valence-electron chi connectivity index (χ0n) is 21.0. The molecule has 11 heteroatoms. The number of rotatable bonds is 3. The Kier molecular flexibility index (Phi) is 6.59. The Morgan fingerprint density at radius 1 is 0.974 bits per heavy atom. The molecule has 3 atom stereocenters. The lowest BCUT2D eigenvalue weighted by molar-refractivity contribution is 0.0471. The van der Waals surface area contributed by atoms with E-state index in [-0.39, 0.29) is 30.1 Å². The van der Waals surface area contributed by atoms with Crippen LogP contribution in [0.3, 0.4) is 0 Å². The number of nitrogens with zero attached hydrogens (tertiary/aromatic N) is 4. The minimum atomic E-state index is -1.14. The fourth-order valence-corrected chi connectivity index (χ4v) is 5.86. The Morgan fingerprint density at radius 2 is 1.72 bits per heavy atom. The van der Waals surface area contributed by atoms with E-state index in [0.29, 0.717) is 42.8 Å². The van der Waals surface area contributed by atoms with E-state index in [4.69, 9.17) is 4.74 Å². The molecule has 4 heterocycles. The SMILES string of the molecule is O=C(O[C@@H]1CC[C@@H](c2cccc(F)c2F)C(O)c2cccnc21)N1CCC(n2c(=O)[nH]c3ncccc32)CC1. The average molecular weight is 536 g/mol. The molecule has 1 amide bonds. The van der Waals surface area contributed by atoms with Crippen LogP contribution < -0.4 is 5.69 Å². The molecule has 0 radical (unpaired) electrons. The second-order valence-electron chi connectivity index (χ2n) is 10.0. The van der Waals surface area contributed by atoms with Crippen molar-refractivity contribution in [2.24, 2.45) is 0 Å². The van der Waals surface area contributed by atoms with Crippen molar-refractivity contribution in [1.82, 2.24) is 24.4 Å². The van der Waals surface area contributed by atoms with Gasteiger partial charge in [0.2, 0.25) is 0 Å². The largest absolute Gasteiger partial charge is 0.440 e. The van der Waals surface area contributed by atoms with Gasteiger partial charge in [0.25, 0.3) is 0 Å². The highest BCUT2D eigenvalue weighted by atomic mass is 19.2. The second-order valence-corrected chi connectivity index (χ2v) is 10.0. The van der Waals surface area contributed by atoms with Crippen LogP contribution >= 0.6 is 0 Å². The second kappa shape index (κ2) is 10.2. The van der Waals surface area contributed by atoms with E-state index < -0.39 is 35.9 Å². The molecule has 1 aliphatic carbocycles. The number of imidazole rings is 1. The quantitative estimate of drug-likeness (QED) is 0.373. The number of nitrogens with one attached hydrogen (secondary N) is 1. The minimum absolute atomic E-state index is 0.0778. The molecule has 1 aliphatic heterocycles. The molecule has 202 valence electrons. The van der Waals surface area contributed by atoms with E-state index in [1.54, 1.807) is 40.1 Å². The van der Waals surface area contributed by atoms with Crippen molar-refractivity contribution < 1.29 is 23.4 Å². The number of carbonyl (C=O) groups excluding carboxylic acids is 1. The number of hydrogen-bond acceptors (Lipinski definition) is 6. The number of benzene rings is 1. The van der Waals surface area contributed by atoms with Gasteiger partial charge in [-0.15, -0.1) is 0 Å². The monoisotopic (exact) mass is 535 g/mol. The molecule has 4 aromatic rings. The van der Waals surface area contributed by atoms with Crippen LogP contribution in [0.2, 0.25) is 0 Å². The summed E-state index contributed by atoms with van der Waals surface area (Å²) in [4.78, 5) is 38.7. The van der Waals surface area contributed by atoms with Crippen LogP contribution in [0.4, 0.5) is 13.6 Å². The molecule has 1 aromatic carbocycles. The van der Waals surface area contributed by atoms with Gasteiger partial charge >= 0.3 is 11.8 Å². The number of amides is 1. The fourth-order valence-electron chi connectivity index (χ4n) is 5.86. The molecule has 1 unspecified atom stereocenters. The lowest BCUT2D eigenvalue weighted by Crippen LogP contribution is -2.41. The van der Waals surface area contributed by atoms with Crippen LogP contribution in [-0.2, 0) is 4.74 Å². The molecule has 0 saturated carbocycles. The smallest absolute Gasteiger partial charge is 0.410 e. The van der Waals surface area contributed by atoms with Crippen molar-refractivity contribution in [2.75, 3.05) is 13.1 Å². The van der Waals surface area contributed by atoms with E-state index in [1.807, 2.05) is 6.07 Å². The van der Waals surface area contributed by atoms with E-state index in [0.717, 1.165) is 11.6 Å². The first kappa shape index (κ1) is 25.2. The highest BCUT2D eigenvalue weighted by Gasteiger charge is 2.37. The summed E-state index contributed by atoms with van der Waals surface area (Å²) in [5, 5.41) is 11.2. The predicted molar refractivity (Wildman–Crippen MR) is 137 cm³/mol. The number of aromatic nitrogens is 4. The maximum Gasteiger partial charge on any atom is 0.410 e. The third kappa shape index (κ3) is 4.56. The molecule has 6 rings (SSSR count). The highest BCUT2D eigenvalue weighted by Crippen LogP contribution is 2.44. The summed E-state index contributed by atoms with van der Waals surface area (Å²) in [6.07, 6.45) is 2.42. The molecular formula is C28H27F2N5O4. The molecule has 2 aliphatic rings. The highest BCUT2D eigenvalue weighted by molar-refractivity contribution is 5.70. The number of piperidine rings is 1. The molecule has 2 N–H and O–H groups in total. The molecule has 1 saturated heterocycles. The van der Waals surface area contributed by atoms with Crippen LogP contribution in [0.1, 0.15) is 66.7 Å². The topological polar surface area (TPSA) is 113 Å². The standard InChI is InChI=1S/C28H27F2N5O4/c29-20-6-1-4-17(23(20)30)18-8-9-22(24-19(25(18)36)5-2-12-31-24)39-28(38)34-14-10-16(11-15-34)35-21-7-3-13-32-26(21)33-27(35)37/h1-7,12-13,16,18,22,25,36H,8-11,14-15H2,(H,32,33,37)/t18-,22+,25?/m0/s1. The fraction of sp³-hybridized carbons (Fsp3) is 0.357. The van der Waals surface area contributed by atoms with Gasteiger partial charge in [0.15, 0.2) is 17.3 Å². The number of likely N-dealkylation sites (tertiary alicyclic amines) is 1. The summed E-state index contributed by atoms with van der Waals surface area (Å²) in [7, 11) is 0. The lowest BCUT2D eigenvalue weighted by atomic mass is 9.87. The Bertz CT molecular complexity index is 1580. The first-order chi connectivity index (χ1) is 18.9.